The normalized spacial score (nSPS) is 16.3. The van der Waals surface area contributed by atoms with Gasteiger partial charge in [0.15, 0.2) is 11.5 Å². The molecule has 1 aromatic rings. The van der Waals surface area contributed by atoms with Gasteiger partial charge < -0.3 is 9.47 Å². The molecule has 7 heteroatoms. The van der Waals surface area contributed by atoms with E-state index in [-0.39, 0.29) is 5.91 Å². The van der Waals surface area contributed by atoms with Crippen LogP contribution in [0.1, 0.15) is 19.4 Å². The fourth-order valence-corrected chi connectivity index (χ4v) is 3.00. The Kier molecular flexibility index (Phi) is 5.20. The van der Waals surface area contributed by atoms with Crippen LogP contribution in [-0.2, 0) is 9.59 Å². The highest BCUT2D eigenvalue weighted by molar-refractivity contribution is 8.26. The average Bonchev–Trinajstić information content (AvgIpc) is 2.69. The Hall–Kier alpha value is -1.86. The predicted molar refractivity (Wildman–Crippen MR) is 89.9 cm³/mol. The van der Waals surface area contributed by atoms with Crippen LogP contribution in [0.2, 0.25) is 0 Å². The number of nitrogens with zero attached hydrogens (tertiary/aromatic N) is 1. The molecule has 5 nitrogen and oxygen atoms in total. The second kappa shape index (κ2) is 6.93. The molecule has 0 saturated carbocycles. The first-order valence-electron chi connectivity index (χ1n) is 6.59. The lowest BCUT2D eigenvalue weighted by molar-refractivity contribution is -0.132. The number of likely N-dealkylation sites (N-methyl/N-ethyl adjacent to an activating group) is 1. The zero-order chi connectivity index (χ0) is 16.3. The van der Waals surface area contributed by atoms with Crippen LogP contribution in [0.4, 0.5) is 0 Å². The topological polar surface area (TPSA) is 55.8 Å². The fraction of sp³-hybridized carbons (Fsp3) is 0.267. The second-order valence-corrected chi connectivity index (χ2v) is 6.15. The van der Waals surface area contributed by atoms with Crippen LogP contribution >= 0.6 is 24.0 Å². The van der Waals surface area contributed by atoms with E-state index in [0.717, 1.165) is 5.56 Å². The molecule has 0 spiro atoms. The van der Waals surface area contributed by atoms with Crippen LogP contribution in [0.3, 0.4) is 0 Å². The minimum atomic E-state index is -0.416. The van der Waals surface area contributed by atoms with Crippen LogP contribution in [0, 0.1) is 0 Å². The van der Waals surface area contributed by atoms with Gasteiger partial charge in [0.25, 0.3) is 5.91 Å². The number of carbonyl (C=O) groups excluding carboxylic acids is 2. The number of esters is 1. The van der Waals surface area contributed by atoms with Gasteiger partial charge in [-0.25, -0.2) is 0 Å². The molecule has 2 rings (SSSR count). The molecule has 1 aromatic carbocycles. The zero-order valence-electron chi connectivity index (χ0n) is 12.4. The molecule has 0 unspecified atom stereocenters. The first kappa shape index (κ1) is 16.5. The van der Waals surface area contributed by atoms with Crippen molar-refractivity contribution in [3.05, 3.63) is 28.7 Å². The Balaban J connectivity index is 2.33. The van der Waals surface area contributed by atoms with Crippen molar-refractivity contribution in [2.45, 2.75) is 13.8 Å². The van der Waals surface area contributed by atoms with Crippen LogP contribution in [0.5, 0.6) is 11.5 Å². The van der Waals surface area contributed by atoms with Crippen molar-refractivity contribution in [1.29, 1.82) is 0 Å². The van der Waals surface area contributed by atoms with Gasteiger partial charge in [0.05, 0.1) is 11.5 Å². The van der Waals surface area contributed by atoms with Crippen LogP contribution in [0.15, 0.2) is 23.1 Å². The minimum Gasteiger partial charge on any atom is -0.490 e. The van der Waals surface area contributed by atoms with Gasteiger partial charge in [-0.1, -0.05) is 30.0 Å². The third kappa shape index (κ3) is 3.66. The molecule has 1 amide bonds. The van der Waals surface area contributed by atoms with Gasteiger partial charge in [-0.05, 0) is 30.7 Å². The molecule has 116 valence electrons. The Morgan fingerprint density at radius 2 is 2.14 bits per heavy atom. The van der Waals surface area contributed by atoms with Gasteiger partial charge in [-0.15, -0.1) is 0 Å². The molecule has 0 aromatic heterocycles. The van der Waals surface area contributed by atoms with Gasteiger partial charge in [0.2, 0.25) is 0 Å². The van der Waals surface area contributed by atoms with Crippen molar-refractivity contribution in [1.82, 2.24) is 4.90 Å². The van der Waals surface area contributed by atoms with Gasteiger partial charge in [-0.2, -0.15) is 0 Å². The number of amides is 1. The number of hydrogen-bond donors (Lipinski definition) is 0. The summed E-state index contributed by atoms with van der Waals surface area (Å²) in [5.41, 5.74) is 0.772. The maximum Gasteiger partial charge on any atom is 0.308 e. The molecule has 0 N–H and O–H groups in total. The SMILES string of the molecule is CCOc1cc(/C=C2\SC(=S)N(C)C2=O)ccc1OC(C)=O. The van der Waals surface area contributed by atoms with Gasteiger partial charge in [-0.3, -0.25) is 14.5 Å². The molecule has 0 radical (unpaired) electrons. The lowest BCUT2D eigenvalue weighted by Crippen LogP contribution is -2.22. The summed E-state index contributed by atoms with van der Waals surface area (Å²) >= 11 is 6.35. The maximum atomic E-state index is 12.0. The first-order valence-corrected chi connectivity index (χ1v) is 7.81. The van der Waals surface area contributed by atoms with E-state index in [1.54, 1.807) is 31.3 Å². The van der Waals surface area contributed by atoms with E-state index in [9.17, 15) is 9.59 Å². The molecule has 1 heterocycles. The number of thiocarbonyl (C=S) groups is 1. The Morgan fingerprint density at radius 1 is 1.41 bits per heavy atom. The summed E-state index contributed by atoms with van der Waals surface area (Å²) in [7, 11) is 1.65. The average molecular weight is 337 g/mol. The van der Waals surface area contributed by atoms with E-state index in [1.807, 2.05) is 6.92 Å². The molecule has 22 heavy (non-hydrogen) atoms. The smallest absolute Gasteiger partial charge is 0.308 e. The number of ether oxygens (including phenoxy) is 2. The molecular formula is C15H15NO4S2. The number of hydrogen-bond acceptors (Lipinski definition) is 6. The summed E-state index contributed by atoms with van der Waals surface area (Å²) in [6.07, 6.45) is 1.74. The summed E-state index contributed by atoms with van der Waals surface area (Å²) < 4.78 is 11.1. The molecule has 1 saturated heterocycles. The van der Waals surface area contributed by atoms with E-state index >= 15 is 0 Å². The van der Waals surface area contributed by atoms with E-state index < -0.39 is 5.97 Å². The highest BCUT2D eigenvalue weighted by atomic mass is 32.2. The predicted octanol–water partition coefficient (Wildman–Crippen LogP) is 2.84. The third-order valence-corrected chi connectivity index (χ3v) is 4.29. The molecular weight excluding hydrogens is 322 g/mol. The Bertz CT molecular complexity index is 670. The van der Waals surface area contributed by atoms with E-state index in [1.165, 1.54) is 23.6 Å². The van der Waals surface area contributed by atoms with Crippen molar-refractivity contribution in [3.63, 3.8) is 0 Å². The standard InChI is InChI=1S/C15H15NO4S2/c1-4-19-12-7-10(5-6-11(12)20-9(2)17)8-13-14(18)16(3)15(21)22-13/h5-8H,4H2,1-3H3/b13-8-. The van der Waals surface area contributed by atoms with Crippen LogP contribution < -0.4 is 9.47 Å². The Labute approximate surface area is 138 Å². The molecule has 0 atom stereocenters. The molecule has 1 aliphatic rings. The van der Waals surface area contributed by atoms with Gasteiger partial charge >= 0.3 is 5.97 Å². The second-order valence-electron chi connectivity index (χ2n) is 4.47. The number of carbonyl (C=O) groups is 2. The highest BCUT2D eigenvalue weighted by Crippen LogP contribution is 2.34. The summed E-state index contributed by atoms with van der Waals surface area (Å²) in [6, 6.07) is 5.12. The monoisotopic (exact) mass is 337 g/mol. The van der Waals surface area contributed by atoms with Gasteiger partial charge in [0.1, 0.15) is 4.32 Å². The van der Waals surface area contributed by atoms with Crippen molar-refractivity contribution in [2.24, 2.45) is 0 Å². The van der Waals surface area contributed by atoms with Crippen LogP contribution in [0.25, 0.3) is 6.08 Å². The lowest BCUT2D eigenvalue weighted by atomic mass is 10.2. The van der Waals surface area contributed by atoms with E-state index in [4.69, 9.17) is 21.7 Å². The summed E-state index contributed by atoms with van der Waals surface area (Å²) in [5.74, 6) is 0.269. The summed E-state index contributed by atoms with van der Waals surface area (Å²) in [6.45, 7) is 3.61. The largest absolute Gasteiger partial charge is 0.490 e. The number of rotatable bonds is 4. The highest BCUT2D eigenvalue weighted by Gasteiger charge is 2.28. The molecule has 0 aliphatic carbocycles. The molecule has 1 aliphatic heterocycles. The quantitative estimate of drug-likeness (QED) is 0.364. The maximum absolute atomic E-state index is 12.0. The fourth-order valence-electron chi connectivity index (χ4n) is 1.82. The number of thioether (sulfide) groups is 1. The first-order chi connectivity index (χ1) is 10.4. The van der Waals surface area contributed by atoms with E-state index in [0.29, 0.717) is 27.3 Å². The van der Waals surface area contributed by atoms with Crippen LogP contribution in [-0.4, -0.2) is 34.8 Å². The van der Waals surface area contributed by atoms with Crippen molar-refractivity contribution in [2.75, 3.05) is 13.7 Å². The summed E-state index contributed by atoms with van der Waals surface area (Å²) in [4.78, 5) is 25.1. The van der Waals surface area contributed by atoms with Crippen molar-refractivity contribution in [3.8, 4) is 11.5 Å². The van der Waals surface area contributed by atoms with Crippen molar-refractivity contribution >= 4 is 46.3 Å². The minimum absolute atomic E-state index is 0.128. The van der Waals surface area contributed by atoms with E-state index in [2.05, 4.69) is 0 Å². The lowest BCUT2D eigenvalue weighted by Gasteiger charge is -2.10. The Morgan fingerprint density at radius 3 is 2.68 bits per heavy atom. The zero-order valence-corrected chi connectivity index (χ0v) is 14.0. The molecule has 1 fully saturated rings. The number of benzene rings is 1. The molecule has 0 bridgehead atoms. The summed E-state index contributed by atoms with van der Waals surface area (Å²) in [5, 5.41) is 0. The van der Waals surface area contributed by atoms with Gasteiger partial charge in [0, 0.05) is 14.0 Å². The third-order valence-electron chi connectivity index (χ3n) is 2.81. The van der Waals surface area contributed by atoms with Crippen molar-refractivity contribution < 1.29 is 19.1 Å².